The molecule has 3 aromatic carbocycles. The third-order valence-corrected chi connectivity index (χ3v) is 6.35. The molecule has 0 amide bonds. The van der Waals surface area contributed by atoms with Crippen molar-refractivity contribution in [2.24, 2.45) is 0 Å². The molecule has 31 heavy (non-hydrogen) atoms. The minimum absolute atomic E-state index is 0.00620. The van der Waals surface area contributed by atoms with E-state index < -0.39 is 5.82 Å². The lowest BCUT2D eigenvalue weighted by Crippen LogP contribution is -2.17. The molecular formula is C23H20BrCl3FNO2. The summed E-state index contributed by atoms with van der Waals surface area (Å²) in [5.74, 6) is 0.630. The standard InChI is InChI=1S/C23H20BrCl3FNO2/c1-30-22-9-15(12-29-8-7-14-5-6-16(25)10-20(14)27)18(24)11-23(22)31-13-17-19(26)3-2-4-21(17)28/h2-6,9-11,29H,7-8,12-13H2,1H3. The first kappa shape index (κ1) is 24.1. The molecule has 0 bridgehead atoms. The van der Waals surface area contributed by atoms with E-state index in [1.54, 1.807) is 31.4 Å². The molecule has 0 saturated heterocycles. The van der Waals surface area contributed by atoms with Gasteiger partial charge in [-0.05, 0) is 60.5 Å². The molecule has 0 aromatic heterocycles. The van der Waals surface area contributed by atoms with Gasteiger partial charge in [0, 0.05) is 26.6 Å². The molecule has 0 saturated carbocycles. The Morgan fingerprint density at radius 3 is 2.48 bits per heavy atom. The lowest BCUT2D eigenvalue weighted by molar-refractivity contribution is 0.279. The Kier molecular flexibility index (Phi) is 8.87. The van der Waals surface area contributed by atoms with Gasteiger partial charge in [0.2, 0.25) is 0 Å². The monoisotopic (exact) mass is 545 g/mol. The van der Waals surface area contributed by atoms with Crippen LogP contribution in [0.5, 0.6) is 11.5 Å². The van der Waals surface area contributed by atoms with E-state index in [1.807, 2.05) is 18.2 Å². The molecule has 0 aliphatic heterocycles. The number of halogens is 5. The summed E-state index contributed by atoms with van der Waals surface area (Å²) in [5.41, 5.74) is 2.33. The van der Waals surface area contributed by atoms with Crippen LogP contribution in [0.4, 0.5) is 4.39 Å². The van der Waals surface area contributed by atoms with E-state index >= 15 is 0 Å². The van der Waals surface area contributed by atoms with E-state index in [1.165, 1.54) is 6.07 Å². The smallest absolute Gasteiger partial charge is 0.162 e. The largest absolute Gasteiger partial charge is 0.493 e. The van der Waals surface area contributed by atoms with Gasteiger partial charge in [0.05, 0.1) is 12.1 Å². The first-order chi connectivity index (χ1) is 14.9. The molecule has 0 aliphatic rings. The van der Waals surface area contributed by atoms with Crippen LogP contribution in [0.25, 0.3) is 0 Å². The predicted octanol–water partition coefficient (Wildman–Crippen LogP) is 7.47. The van der Waals surface area contributed by atoms with Gasteiger partial charge in [-0.25, -0.2) is 4.39 Å². The van der Waals surface area contributed by atoms with Gasteiger partial charge < -0.3 is 14.8 Å². The van der Waals surface area contributed by atoms with Gasteiger partial charge in [0.25, 0.3) is 0 Å². The molecule has 0 atom stereocenters. The Morgan fingerprint density at radius 1 is 0.968 bits per heavy atom. The second-order valence-corrected chi connectivity index (χ2v) is 8.85. The minimum Gasteiger partial charge on any atom is -0.493 e. The van der Waals surface area contributed by atoms with Crippen molar-refractivity contribution in [3.8, 4) is 11.5 Å². The first-order valence-electron chi connectivity index (χ1n) is 9.45. The fraction of sp³-hybridized carbons (Fsp3) is 0.217. The van der Waals surface area contributed by atoms with Crippen molar-refractivity contribution in [2.45, 2.75) is 19.6 Å². The first-order valence-corrected chi connectivity index (χ1v) is 11.4. The van der Waals surface area contributed by atoms with Gasteiger partial charge in [0.1, 0.15) is 12.4 Å². The SMILES string of the molecule is COc1cc(CNCCc2ccc(Cl)cc2Cl)c(Br)cc1OCc1c(F)cccc1Cl. The van der Waals surface area contributed by atoms with E-state index in [2.05, 4.69) is 21.2 Å². The van der Waals surface area contributed by atoms with E-state index in [0.29, 0.717) is 38.7 Å². The van der Waals surface area contributed by atoms with Gasteiger partial charge in [0.15, 0.2) is 11.5 Å². The number of ether oxygens (including phenoxy) is 2. The molecule has 3 rings (SSSR count). The van der Waals surface area contributed by atoms with E-state index in [9.17, 15) is 4.39 Å². The fourth-order valence-corrected chi connectivity index (χ4v) is 4.16. The Labute approximate surface area is 204 Å². The number of rotatable bonds is 9. The normalized spacial score (nSPS) is 10.9. The maximum absolute atomic E-state index is 14.0. The summed E-state index contributed by atoms with van der Waals surface area (Å²) in [4.78, 5) is 0. The molecule has 0 unspecified atom stereocenters. The van der Waals surface area contributed by atoms with Crippen molar-refractivity contribution in [2.75, 3.05) is 13.7 Å². The van der Waals surface area contributed by atoms with Crippen LogP contribution in [0, 0.1) is 5.82 Å². The Morgan fingerprint density at radius 2 is 1.77 bits per heavy atom. The molecule has 0 fully saturated rings. The average molecular weight is 548 g/mol. The molecular weight excluding hydrogens is 528 g/mol. The Balaban J connectivity index is 1.62. The summed E-state index contributed by atoms with van der Waals surface area (Å²) < 4.78 is 26.1. The van der Waals surface area contributed by atoms with Gasteiger partial charge in [-0.15, -0.1) is 0 Å². The maximum Gasteiger partial charge on any atom is 0.162 e. The van der Waals surface area contributed by atoms with Crippen LogP contribution in [-0.2, 0) is 19.6 Å². The molecule has 0 heterocycles. The number of hydrogen-bond donors (Lipinski definition) is 1. The molecule has 1 N–H and O–H groups in total. The molecule has 0 spiro atoms. The quantitative estimate of drug-likeness (QED) is 0.282. The van der Waals surface area contributed by atoms with Crippen LogP contribution in [-0.4, -0.2) is 13.7 Å². The maximum atomic E-state index is 14.0. The van der Waals surface area contributed by atoms with Gasteiger partial charge in [-0.2, -0.15) is 0 Å². The van der Waals surface area contributed by atoms with Crippen LogP contribution in [0.15, 0.2) is 53.0 Å². The lowest BCUT2D eigenvalue weighted by Gasteiger charge is -2.15. The van der Waals surface area contributed by atoms with Crippen molar-refractivity contribution in [3.63, 3.8) is 0 Å². The molecule has 3 nitrogen and oxygen atoms in total. The van der Waals surface area contributed by atoms with Crippen molar-refractivity contribution in [1.29, 1.82) is 0 Å². The van der Waals surface area contributed by atoms with Crippen molar-refractivity contribution in [1.82, 2.24) is 5.32 Å². The Bertz CT molecular complexity index is 1040. The highest BCUT2D eigenvalue weighted by molar-refractivity contribution is 9.10. The number of benzene rings is 3. The summed E-state index contributed by atoms with van der Waals surface area (Å²) in [6.45, 7) is 1.34. The lowest BCUT2D eigenvalue weighted by atomic mass is 10.1. The van der Waals surface area contributed by atoms with Crippen LogP contribution in [0.1, 0.15) is 16.7 Å². The summed E-state index contributed by atoms with van der Waals surface area (Å²) in [7, 11) is 1.56. The number of methoxy groups -OCH3 is 1. The highest BCUT2D eigenvalue weighted by Gasteiger charge is 2.13. The highest BCUT2D eigenvalue weighted by atomic mass is 79.9. The second kappa shape index (κ2) is 11.4. The highest BCUT2D eigenvalue weighted by Crippen LogP contribution is 2.35. The summed E-state index contributed by atoms with van der Waals surface area (Å²) in [5, 5.41) is 4.99. The third kappa shape index (κ3) is 6.50. The van der Waals surface area contributed by atoms with Gasteiger partial charge in [-0.1, -0.05) is 62.9 Å². The van der Waals surface area contributed by atoms with Crippen LogP contribution < -0.4 is 14.8 Å². The topological polar surface area (TPSA) is 30.5 Å². The van der Waals surface area contributed by atoms with Crippen LogP contribution >= 0.6 is 50.7 Å². The average Bonchev–Trinajstić information content (AvgIpc) is 2.73. The van der Waals surface area contributed by atoms with Crippen molar-refractivity contribution < 1.29 is 13.9 Å². The van der Waals surface area contributed by atoms with Gasteiger partial charge >= 0.3 is 0 Å². The van der Waals surface area contributed by atoms with Crippen molar-refractivity contribution in [3.05, 3.63) is 90.6 Å². The van der Waals surface area contributed by atoms with Crippen LogP contribution in [0.2, 0.25) is 15.1 Å². The third-order valence-electron chi connectivity index (χ3n) is 4.67. The van der Waals surface area contributed by atoms with E-state index in [-0.39, 0.29) is 6.61 Å². The van der Waals surface area contributed by atoms with Gasteiger partial charge in [-0.3, -0.25) is 0 Å². The minimum atomic E-state index is -0.410. The molecule has 8 heteroatoms. The van der Waals surface area contributed by atoms with Crippen LogP contribution in [0.3, 0.4) is 0 Å². The molecule has 0 aliphatic carbocycles. The zero-order chi connectivity index (χ0) is 22.4. The number of nitrogens with one attached hydrogen (secondary N) is 1. The zero-order valence-corrected chi connectivity index (χ0v) is 20.5. The second-order valence-electron chi connectivity index (χ2n) is 6.75. The predicted molar refractivity (Wildman–Crippen MR) is 128 cm³/mol. The molecule has 164 valence electrons. The zero-order valence-electron chi connectivity index (χ0n) is 16.7. The van der Waals surface area contributed by atoms with E-state index in [4.69, 9.17) is 44.3 Å². The number of hydrogen-bond acceptors (Lipinski definition) is 3. The molecule has 0 radical (unpaired) electrons. The summed E-state index contributed by atoms with van der Waals surface area (Å²) in [6.07, 6.45) is 0.773. The summed E-state index contributed by atoms with van der Waals surface area (Å²) >= 11 is 21.8. The molecule has 3 aromatic rings. The Hall–Kier alpha value is -1.50. The fourth-order valence-electron chi connectivity index (χ4n) is 2.98. The summed E-state index contributed by atoms with van der Waals surface area (Å²) in [6, 6.07) is 13.7. The van der Waals surface area contributed by atoms with E-state index in [0.717, 1.165) is 28.6 Å². The van der Waals surface area contributed by atoms with Crippen molar-refractivity contribution >= 4 is 50.7 Å².